The predicted molar refractivity (Wildman–Crippen MR) is 121 cm³/mol. The molecule has 0 fully saturated rings. The Morgan fingerprint density at radius 2 is 1.23 bits per heavy atom. The number of allylic oxidation sites excluding steroid dienone is 1. The van der Waals surface area contributed by atoms with Crippen LogP contribution in [0.25, 0.3) is 0 Å². The molecule has 0 atom stereocenters. The van der Waals surface area contributed by atoms with Crippen LogP contribution in [0.1, 0.15) is 5.56 Å². The minimum Gasteiger partial charge on any atom is -0.557 e. The van der Waals surface area contributed by atoms with Crippen molar-refractivity contribution >= 4 is 29.6 Å². The molecule has 0 heterocycles. The first-order valence-electron chi connectivity index (χ1n) is 9.31. The van der Waals surface area contributed by atoms with Crippen molar-refractivity contribution in [2.24, 2.45) is 0 Å². The van der Waals surface area contributed by atoms with E-state index in [2.05, 4.69) is 58.9 Å². The Morgan fingerprint density at radius 3 is 1.62 bits per heavy atom. The summed E-state index contributed by atoms with van der Waals surface area (Å²) < 4.78 is 35.5. The highest BCUT2D eigenvalue weighted by Gasteiger charge is 2.65. The van der Waals surface area contributed by atoms with Gasteiger partial charge in [0.05, 0.1) is 29.0 Å². The maximum Gasteiger partial charge on any atom is 0.273 e. The summed E-state index contributed by atoms with van der Waals surface area (Å²) in [7, 11) is -4.90. The molecule has 7 heteroatoms. The molecule has 0 aliphatic rings. The van der Waals surface area contributed by atoms with Gasteiger partial charge in [0.15, 0.2) is 0 Å². The number of hydrogen-bond acceptors (Lipinski definition) is 1. The molecule has 0 saturated carbocycles. The first kappa shape index (κ1) is 23.5. The molecule has 0 radical (unpaired) electrons. The zero-order valence-corrected chi connectivity index (χ0v) is 21.9. The number of alkyl halides is 2. The van der Waals surface area contributed by atoms with Gasteiger partial charge >= 0.3 is 0 Å². The first-order valence-corrected chi connectivity index (χ1v) is 24.7. The molecule has 0 amide bonds. The van der Waals surface area contributed by atoms with Crippen molar-refractivity contribution in [2.75, 3.05) is 0 Å². The van der Waals surface area contributed by atoms with Crippen LogP contribution in [-0.4, -0.2) is 35.6 Å². The van der Waals surface area contributed by atoms with Crippen molar-refractivity contribution in [2.45, 2.75) is 71.3 Å². The van der Waals surface area contributed by atoms with Gasteiger partial charge < -0.3 is 4.43 Å². The van der Waals surface area contributed by atoms with Gasteiger partial charge in [-0.3, -0.25) is 0 Å². The smallest absolute Gasteiger partial charge is 0.273 e. The van der Waals surface area contributed by atoms with E-state index >= 15 is 0 Å². The highest BCUT2D eigenvalue weighted by Crippen LogP contribution is 2.38. The van der Waals surface area contributed by atoms with Crippen LogP contribution >= 0.6 is 0 Å². The van der Waals surface area contributed by atoms with Gasteiger partial charge in [-0.05, 0) is 5.56 Å². The molecule has 0 aromatic heterocycles. The van der Waals surface area contributed by atoms with Crippen molar-refractivity contribution in [1.82, 2.24) is 0 Å². The lowest BCUT2D eigenvalue weighted by Crippen LogP contribution is -2.83. The van der Waals surface area contributed by atoms with Crippen LogP contribution in [0, 0.1) is 0 Å². The lowest BCUT2D eigenvalue weighted by Gasteiger charge is -2.55. The van der Waals surface area contributed by atoms with Crippen LogP contribution in [-0.2, 0) is 10.8 Å². The van der Waals surface area contributed by atoms with E-state index in [1.165, 1.54) is 6.26 Å². The molecule has 1 aromatic carbocycles. The number of rotatable bonds is 8. The third kappa shape index (κ3) is 5.27. The number of hydrogen-bond donors (Lipinski definition) is 0. The number of benzene rings is 1. The van der Waals surface area contributed by atoms with Gasteiger partial charge in [-0.25, -0.2) is 8.78 Å². The van der Waals surface area contributed by atoms with Crippen molar-refractivity contribution in [3.8, 4) is 0 Å². The monoisotopic (exact) mass is 430 g/mol. The molecule has 0 spiro atoms. The lowest BCUT2D eigenvalue weighted by atomic mass is 10.1. The molecule has 0 unspecified atom stereocenters. The minimum atomic E-state index is -2.89. The van der Waals surface area contributed by atoms with Crippen LogP contribution in [0.2, 0.25) is 58.9 Å². The lowest BCUT2D eigenvalue weighted by molar-refractivity contribution is 0.0540. The van der Waals surface area contributed by atoms with Crippen molar-refractivity contribution < 1.29 is 13.2 Å². The van der Waals surface area contributed by atoms with E-state index in [1.54, 1.807) is 24.3 Å². The molecule has 0 N–H and O–H groups in total. The summed E-state index contributed by atoms with van der Waals surface area (Å²) in [5, 5.41) is 0. The summed E-state index contributed by atoms with van der Waals surface area (Å²) in [6, 6.07) is 8.93. The second kappa shape index (κ2) is 7.85. The standard InChI is InChI=1S/C19H36F2OSi4/c1-23(2,3)26(24(4,5)6,25(7,8)9)22-16-15-19(20,21)17-18-13-11-10-12-14-18/h10-16H,17H2,1-9H3/b16-15-. The summed E-state index contributed by atoms with van der Waals surface area (Å²) in [5.41, 5.74) is 0.645. The van der Waals surface area contributed by atoms with Gasteiger partial charge in [-0.15, -0.1) is 0 Å². The molecule has 0 bridgehead atoms. The minimum absolute atomic E-state index is 0.283. The average Bonchev–Trinajstić information content (AvgIpc) is 2.39. The Kier molecular flexibility index (Phi) is 7.10. The van der Waals surface area contributed by atoms with Gasteiger partial charge in [0.2, 0.25) is 6.87 Å². The number of halogens is 2. The van der Waals surface area contributed by atoms with Crippen molar-refractivity contribution in [3.63, 3.8) is 0 Å². The molecule has 1 rings (SSSR count). The van der Waals surface area contributed by atoms with Gasteiger partial charge in [0.25, 0.3) is 5.92 Å². The van der Waals surface area contributed by atoms with Crippen LogP contribution < -0.4 is 0 Å². The molecular weight excluding hydrogens is 395 g/mol. The largest absolute Gasteiger partial charge is 0.557 e. The van der Waals surface area contributed by atoms with E-state index in [9.17, 15) is 8.78 Å². The Balaban J connectivity index is 3.15. The maximum absolute atomic E-state index is 14.5. The molecule has 26 heavy (non-hydrogen) atoms. The van der Waals surface area contributed by atoms with Crippen LogP contribution in [0.15, 0.2) is 42.7 Å². The SMILES string of the molecule is C[Si](C)(C)[Si](O/C=C\C(F)(F)Cc1ccccc1)([Si](C)(C)C)[Si](C)(C)C. The maximum atomic E-state index is 14.5. The summed E-state index contributed by atoms with van der Waals surface area (Å²) in [4.78, 5) is 0. The Morgan fingerprint density at radius 1 is 0.808 bits per heavy atom. The summed E-state index contributed by atoms with van der Waals surface area (Å²) >= 11 is 0. The zero-order chi connectivity index (χ0) is 20.4. The van der Waals surface area contributed by atoms with E-state index in [0.29, 0.717) is 5.56 Å². The van der Waals surface area contributed by atoms with E-state index < -0.39 is 35.6 Å². The molecule has 1 aromatic rings. The molecule has 1 nitrogen and oxygen atoms in total. The molecule has 0 aliphatic carbocycles. The fraction of sp³-hybridized carbons (Fsp3) is 0.579. The average molecular weight is 431 g/mol. The quantitative estimate of drug-likeness (QED) is 0.334. The Bertz CT molecular complexity index is 575. The fourth-order valence-electron chi connectivity index (χ4n) is 5.07. The summed E-state index contributed by atoms with van der Waals surface area (Å²) in [6.45, 7) is 19.3. The summed E-state index contributed by atoms with van der Waals surface area (Å²) in [5.74, 6) is -2.89. The van der Waals surface area contributed by atoms with Crippen LogP contribution in [0.4, 0.5) is 8.78 Å². The van der Waals surface area contributed by atoms with Gasteiger partial charge in [0, 0.05) is 12.5 Å². The van der Waals surface area contributed by atoms with Crippen molar-refractivity contribution in [3.05, 3.63) is 48.2 Å². The molecular formula is C19H36F2OSi4. The highest BCUT2D eigenvalue weighted by atomic mass is 29.9. The van der Waals surface area contributed by atoms with Crippen LogP contribution in [0.5, 0.6) is 0 Å². The Labute approximate surface area is 162 Å². The predicted octanol–water partition coefficient (Wildman–Crippen LogP) is 6.59. The molecule has 0 saturated heterocycles. The fourth-order valence-corrected chi connectivity index (χ4v) is 97.9. The van der Waals surface area contributed by atoms with E-state index in [-0.39, 0.29) is 6.42 Å². The normalized spacial score (nSPS) is 14.7. The van der Waals surface area contributed by atoms with Gasteiger partial charge in [-0.1, -0.05) is 89.3 Å². The van der Waals surface area contributed by atoms with E-state index in [0.717, 1.165) is 6.08 Å². The Hall–Kier alpha value is -0.512. The van der Waals surface area contributed by atoms with Gasteiger partial charge in [-0.2, -0.15) is 0 Å². The van der Waals surface area contributed by atoms with Crippen molar-refractivity contribution in [1.29, 1.82) is 0 Å². The topological polar surface area (TPSA) is 9.23 Å². The highest BCUT2D eigenvalue weighted by molar-refractivity contribution is 7.87. The second-order valence-corrected chi connectivity index (χ2v) is 49.7. The molecule has 148 valence electrons. The third-order valence-electron chi connectivity index (χ3n) is 5.01. The second-order valence-electron chi connectivity index (χ2n) is 10.3. The van der Waals surface area contributed by atoms with Crippen LogP contribution in [0.3, 0.4) is 0 Å². The zero-order valence-electron chi connectivity index (χ0n) is 17.9. The van der Waals surface area contributed by atoms with E-state index in [4.69, 9.17) is 4.43 Å². The van der Waals surface area contributed by atoms with Gasteiger partial charge in [0.1, 0.15) is 0 Å². The molecule has 0 aliphatic heterocycles. The van der Waals surface area contributed by atoms with E-state index in [1.807, 2.05) is 6.07 Å². The summed E-state index contributed by atoms with van der Waals surface area (Å²) in [6.07, 6.45) is 2.11. The third-order valence-corrected chi connectivity index (χ3v) is 72.4. The first-order chi connectivity index (χ1) is 11.5.